The Labute approximate surface area is 182 Å². The Morgan fingerprint density at radius 1 is 0.903 bits per heavy atom. The highest BCUT2D eigenvalue weighted by Gasteiger charge is 2.15. The van der Waals surface area contributed by atoms with Gasteiger partial charge in [0.2, 0.25) is 0 Å². The number of rotatable bonds is 6. The highest BCUT2D eigenvalue weighted by atomic mass is 16.5. The molecule has 0 spiro atoms. The topological polar surface area (TPSA) is 39.4 Å². The van der Waals surface area contributed by atoms with E-state index in [1.165, 1.54) is 21.7 Å². The summed E-state index contributed by atoms with van der Waals surface area (Å²) in [6, 6.07) is 21.4. The van der Waals surface area contributed by atoms with Crippen molar-refractivity contribution in [3.05, 3.63) is 78.2 Å². The number of fused-ring (bicyclic) bond motifs is 6. The van der Waals surface area contributed by atoms with Crippen LogP contribution in [0.25, 0.3) is 38.3 Å². The van der Waals surface area contributed by atoms with E-state index in [0.29, 0.717) is 12.5 Å². The van der Waals surface area contributed by atoms with Crippen LogP contribution in [0.5, 0.6) is 0 Å². The summed E-state index contributed by atoms with van der Waals surface area (Å²) in [5.74, 6) is 0.573. The minimum absolute atomic E-state index is 0.553. The molecule has 1 unspecified atom stereocenters. The van der Waals surface area contributed by atoms with Crippen LogP contribution in [0.2, 0.25) is 0 Å². The third-order valence-electron chi connectivity index (χ3n) is 6.17. The molecule has 4 nitrogen and oxygen atoms in total. The lowest BCUT2D eigenvalue weighted by molar-refractivity contribution is 0.0888. The minimum atomic E-state index is 0.553. The summed E-state index contributed by atoms with van der Waals surface area (Å²) in [5, 5.41) is 8.26. The number of benzene rings is 2. The average molecular weight is 410 g/mol. The Hall–Kier alpha value is -3.24. The van der Waals surface area contributed by atoms with Gasteiger partial charge in [0.15, 0.2) is 0 Å². The predicted molar refractivity (Wildman–Crippen MR) is 127 cm³/mol. The lowest BCUT2D eigenvalue weighted by atomic mass is 9.95. The fourth-order valence-corrected chi connectivity index (χ4v) is 4.31. The van der Waals surface area contributed by atoms with Crippen LogP contribution in [0.4, 0.5) is 0 Å². The van der Waals surface area contributed by atoms with E-state index >= 15 is 0 Å². The van der Waals surface area contributed by atoms with E-state index in [2.05, 4.69) is 86.5 Å². The van der Waals surface area contributed by atoms with Crippen LogP contribution < -0.4 is 0 Å². The Kier molecular flexibility index (Phi) is 5.16. The molecule has 2 aromatic carbocycles. The molecule has 156 valence electrons. The standard InChI is InChI=1S/C27H27N3O/c1-4-18(2)16-31-17-20-12-13-21(19(3)29-20)23-10-7-11-26-27(23)24-9-6-5-8-22(24)25-14-15-28-30(25)26/h5-15,18H,4,16-17H2,1-3H3. The maximum Gasteiger partial charge on any atom is 0.0888 e. The summed E-state index contributed by atoms with van der Waals surface area (Å²) in [5.41, 5.74) is 6.56. The van der Waals surface area contributed by atoms with E-state index in [9.17, 15) is 0 Å². The monoisotopic (exact) mass is 409 g/mol. The normalized spacial score (nSPS) is 12.7. The number of aryl methyl sites for hydroxylation is 1. The van der Waals surface area contributed by atoms with Gasteiger partial charge in [0.25, 0.3) is 0 Å². The molecular weight excluding hydrogens is 382 g/mol. The number of aromatic nitrogens is 3. The summed E-state index contributed by atoms with van der Waals surface area (Å²) in [7, 11) is 0. The molecule has 0 bridgehead atoms. The van der Waals surface area contributed by atoms with Gasteiger partial charge < -0.3 is 4.74 Å². The second-order valence-electron chi connectivity index (χ2n) is 8.34. The number of hydrogen-bond acceptors (Lipinski definition) is 3. The number of nitrogens with zero attached hydrogens (tertiary/aromatic N) is 3. The molecule has 0 saturated carbocycles. The van der Waals surface area contributed by atoms with Gasteiger partial charge in [-0.15, -0.1) is 0 Å². The first-order valence-corrected chi connectivity index (χ1v) is 11.0. The van der Waals surface area contributed by atoms with Gasteiger partial charge >= 0.3 is 0 Å². The smallest absolute Gasteiger partial charge is 0.0888 e. The van der Waals surface area contributed by atoms with E-state index in [-0.39, 0.29) is 0 Å². The van der Waals surface area contributed by atoms with Crippen molar-refractivity contribution in [2.45, 2.75) is 33.8 Å². The van der Waals surface area contributed by atoms with Gasteiger partial charge in [0, 0.05) is 28.6 Å². The molecule has 3 heterocycles. The Balaban J connectivity index is 1.63. The molecule has 0 N–H and O–H groups in total. The third kappa shape index (κ3) is 3.47. The van der Waals surface area contributed by atoms with E-state index < -0.39 is 0 Å². The molecule has 31 heavy (non-hydrogen) atoms. The third-order valence-corrected chi connectivity index (χ3v) is 6.17. The van der Waals surface area contributed by atoms with Crippen molar-refractivity contribution in [1.29, 1.82) is 0 Å². The van der Waals surface area contributed by atoms with Gasteiger partial charge in [-0.1, -0.05) is 62.7 Å². The minimum Gasteiger partial charge on any atom is -0.375 e. The second kappa shape index (κ2) is 8.12. The zero-order valence-electron chi connectivity index (χ0n) is 18.3. The molecule has 0 aliphatic heterocycles. The maximum absolute atomic E-state index is 5.87. The molecule has 0 aliphatic rings. The number of ether oxygens (including phenoxy) is 1. The largest absolute Gasteiger partial charge is 0.375 e. The SMILES string of the molecule is CCC(C)COCc1ccc(-c2cccc3c2c2ccccc2c2ccnn23)c(C)n1. The van der Waals surface area contributed by atoms with E-state index in [1.54, 1.807) is 0 Å². The van der Waals surface area contributed by atoms with Crippen molar-refractivity contribution >= 4 is 27.2 Å². The maximum atomic E-state index is 5.87. The van der Waals surface area contributed by atoms with Crippen LogP contribution in [0, 0.1) is 12.8 Å². The molecule has 0 saturated heterocycles. The van der Waals surface area contributed by atoms with Crippen molar-refractivity contribution in [2.75, 3.05) is 6.61 Å². The molecule has 0 radical (unpaired) electrons. The Morgan fingerprint density at radius 3 is 2.55 bits per heavy atom. The zero-order valence-corrected chi connectivity index (χ0v) is 18.3. The van der Waals surface area contributed by atoms with Gasteiger partial charge in [0.1, 0.15) is 0 Å². The van der Waals surface area contributed by atoms with Crippen LogP contribution in [0.1, 0.15) is 31.7 Å². The second-order valence-corrected chi connectivity index (χ2v) is 8.34. The van der Waals surface area contributed by atoms with Crippen LogP contribution in [-0.2, 0) is 11.3 Å². The van der Waals surface area contributed by atoms with Gasteiger partial charge in [-0.3, -0.25) is 4.98 Å². The Morgan fingerprint density at radius 2 is 1.74 bits per heavy atom. The first kappa shape index (κ1) is 19.7. The van der Waals surface area contributed by atoms with Crippen molar-refractivity contribution < 1.29 is 4.74 Å². The van der Waals surface area contributed by atoms with Gasteiger partial charge in [0.05, 0.1) is 29.5 Å². The quantitative estimate of drug-likeness (QED) is 0.298. The van der Waals surface area contributed by atoms with Crippen molar-refractivity contribution in [1.82, 2.24) is 14.6 Å². The van der Waals surface area contributed by atoms with Crippen LogP contribution in [0.3, 0.4) is 0 Å². The highest BCUT2D eigenvalue weighted by Crippen LogP contribution is 2.37. The summed E-state index contributed by atoms with van der Waals surface area (Å²) in [6.45, 7) is 7.81. The fraction of sp³-hybridized carbons (Fsp3) is 0.259. The van der Waals surface area contributed by atoms with E-state index in [4.69, 9.17) is 9.72 Å². The molecule has 5 aromatic rings. The molecule has 3 aromatic heterocycles. The molecule has 4 heteroatoms. The van der Waals surface area contributed by atoms with Crippen molar-refractivity contribution in [3.8, 4) is 11.1 Å². The first-order chi connectivity index (χ1) is 15.2. The molecule has 0 fully saturated rings. The van der Waals surface area contributed by atoms with Crippen molar-refractivity contribution in [3.63, 3.8) is 0 Å². The van der Waals surface area contributed by atoms with Gasteiger partial charge in [-0.25, -0.2) is 4.52 Å². The van der Waals surface area contributed by atoms with Crippen molar-refractivity contribution in [2.24, 2.45) is 5.92 Å². The number of hydrogen-bond donors (Lipinski definition) is 0. The van der Waals surface area contributed by atoms with E-state index in [1.807, 2.05) is 10.7 Å². The van der Waals surface area contributed by atoms with Crippen LogP contribution in [-0.4, -0.2) is 21.2 Å². The zero-order chi connectivity index (χ0) is 21.4. The molecular formula is C27H27N3O. The highest BCUT2D eigenvalue weighted by molar-refractivity contribution is 6.17. The molecule has 5 rings (SSSR count). The van der Waals surface area contributed by atoms with Gasteiger partial charge in [-0.05, 0) is 42.0 Å². The fourth-order valence-electron chi connectivity index (χ4n) is 4.31. The molecule has 0 aliphatic carbocycles. The van der Waals surface area contributed by atoms with Gasteiger partial charge in [-0.2, -0.15) is 5.10 Å². The van der Waals surface area contributed by atoms with E-state index in [0.717, 1.165) is 41.0 Å². The summed E-state index contributed by atoms with van der Waals surface area (Å²) in [4.78, 5) is 4.86. The lowest BCUT2D eigenvalue weighted by Crippen LogP contribution is -2.06. The summed E-state index contributed by atoms with van der Waals surface area (Å²) < 4.78 is 7.91. The van der Waals surface area contributed by atoms with Crippen LogP contribution >= 0.6 is 0 Å². The summed E-state index contributed by atoms with van der Waals surface area (Å²) >= 11 is 0. The Bertz CT molecular complexity index is 1390. The van der Waals surface area contributed by atoms with Crippen LogP contribution in [0.15, 0.2) is 66.9 Å². The summed E-state index contributed by atoms with van der Waals surface area (Å²) in [6.07, 6.45) is 3.00. The number of pyridine rings is 2. The molecule has 1 atom stereocenters. The average Bonchev–Trinajstić information content (AvgIpc) is 3.29. The molecule has 0 amide bonds. The predicted octanol–water partition coefficient (Wildman–Crippen LogP) is 6.57. The lowest BCUT2D eigenvalue weighted by Gasteiger charge is -2.15. The first-order valence-electron chi connectivity index (χ1n) is 11.0.